The van der Waals surface area contributed by atoms with Crippen molar-refractivity contribution in [1.29, 1.82) is 0 Å². The van der Waals surface area contributed by atoms with Crippen molar-refractivity contribution in [1.82, 2.24) is 19.7 Å². The van der Waals surface area contributed by atoms with Gasteiger partial charge in [-0.2, -0.15) is 14.8 Å². The number of hydrogen-bond acceptors (Lipinski definition) is 5. The van der Waals surface area contributed by atoms with Crippen LogP contribution in [-0.2, 0) is 0 Å². The molecule has 0 radical (unpaired) electrons. The highest BCUT2D eigenvalue weighted by Gasteiger charge is 2.20. The van der Waals surface area contributed by atoms with Crippen molar-refractivity contribution in [3.63, 3.8) is 0 Å². The molecule has 0 aliphatic carbocycles. The fourth-order valence-corrected chi connectivity index (χ4v) is 2.82. The van der Waals surface area contributed by atoms with Gasteiger partial charge in [-0.05, 0) is 18.2 Å². The molecule has 0 saturated carbocycles. The minimum atomic E-state index is -0.927. The maximum Gasteiger partial charge on any atom is 0.341 e. The summed E-state index contributed by atoms with van der Waals surface area (Å²) in [7, 11) is 0. The second-order valence-corrected chi connectivity index (χ2v) is 6.05. The number of rotatable bonds is 3. The first kappa shape index (κ1) is 17.8. The van der Waals surface area contributed by atoms with Crippen LogP contribution in [0.25, 0.3) is 22.3 Å². The lowest BCUT2D eigenvalue weighted by Gasteiger charge is -2.05. The maximum atomic E-state index is 13.8. The zero-order valence-electron chi connectivity index (χ0n) is 13.9. The van der Waals surface area contributed by atoms with Crippen LogP contribution < -0.4 is 10.5 Å². The average molecular weight is 402 g/mol. The zero-order chi connectivity index (χ0) is 19.8. The van der Waals surface area contributed by atoms with Crippen LogP contribution in [0.5, 0.6) is 11.8 Å². The molecule has 0 aliphatic heterocycles. The van der Waals surface area contributed by atoms with Gasteiger partial charge in [0.15, 0.2) is 17.2 Å². The molecule has 0 unspecified atom stereocenters. The molecule has 7 nitrogen and oxygen atoms in total. The number of halogens is 3. The second-order valence-electron chi connectivity index (χ2n) is 5.65. The van der Waals surface area contributed by atoms with Crippen molar-refractivity contribution >= 4 is 28.7 Å². The molecule has 0 aliphatic rings. The Morgan fingerprint density at radius 3 is 2.68 bits per heavy atom. The van der Waals surface area contributed by atoms with Gasteiger partial charge in [0, 0.05) is 17.8 Å². The Balaban J connectivity index is 1.84. The van der Waals surface area contributed by atoms with E-state index >= 15 is 0 Å². The van der Waals surface area contributed by atoms with Crippen LogP contribution in [0.2, 0.25) is 5.02 Å². The molecule has 2 heterocycles. The van der Waals surface area contributed by atoms with E-state index in [4.69, 9.17) is 22.1 Å². The first-order valence-electron chi connectivity index (χ1n) is 7.87. The molecular formula is C18H10ClF2N5O2. The molecule has 4 aromatic rings. The van der Waals surface area contributed by atoms with Crippen molar-refractivity contribution in [2.75, 3.05) is 0 Å². The molecule has 10 heteroatoms. The van der Waals surface area contributed by atoms with Gasteiger partial charge in [-0.15, -0.1) is 0 Å². The molecule has 0 bridgehead atoms. The molecule has 2 aromatic carbocycles. The number of fused-ring (bicyclic) bond motifs is 1. The third-order valence-electron chi connectivity index (χ3n) is 3.84. The van der Waals surface area contributed by atoms with Crippen molar-refractivity contribution in [3.05, 3.63) is 65.3 Å². The molecule has 28 heavy (non-hydrogen) atoms. The van der Waals surface area contributed by atoms with Crippen LogP contribution >= 0.6 is 11.6 Å². The van der Waals surface area contributed by atoms with Gasteiger partial charge < -0.3 is 10.5 Å². The lowest BCUT2D eigenvalue weighted by molar-refractivity contribution is 0.248. The number of hydrogen-bond donors (Lipinski definition) is 1. The van der Waals surface area contributed by atoms with Crippen LogP contribution in [0.1, 0.15) is 0 Å². The van der Waals surface area contributed by atoms with E-state index in [2.05, 4.69) is 15.1 Å². The predicted molar refractivity (Wildman–Crippen MR) is 97.2 cm³/mol. The van der Waals surface area contributed by atoms with E-state index in [1.54, 1.807) is 24.3 Å². The zero-order valence-corrected chi connectivity index (χ0v) is 14.7. The number of benzene rings is 2. The Kier molecular flexibility index (Phi) is 4.36. The van der Waals surface area contributed by atoms with Crippen molar-refractivity contribution in [3.8, 4) is 23.0 Å². The summed E-state index contributed by atoms with van der Waals surface area (Å²) >= 11 is 6.21. The summed E-state index contributed by atoms with van der Waals surface area (Å²) in [4.78, 5) is 19.9. The first-order valence-corrected chi connectivity index (χ1v) is 8.25. The fourth-order valence-electron chi connectivity index (χ4n) is 2.60. The van der Waals surface area contributed by atoms with Crippen LogP contribution in [0.15, 0.2) is 48.7 Å². The minimum Gasteiger partial charge on any atom is -0.421 e. The molecule has 1 amide bonds. The predicted octanol–water partition coefficient (Wildman–Crippen LogP) is 4.14. The summed E-state index contributed by atoms with van der Waals surface area (Å²) in [6.45, 7) is 0. The Morgan fingerprint density at radius 1 is 1.18 bits per heavy atom. The van der Waals surface area contributed by atoms with E-state index < -0.39 is 17.7 Å². The largest absolute Gasteiger partial charge is 0.421 e. The normalized spacial score (nSPS) is 11.0. The highest BCUT2D eigenvalue weighted by molar-refractivity contribution is 6.33. The van der Waals surface area contributed by atoms with E-state index in [0.717, 1.165) is 16.8 Å². The van der Waals surface area contributed by atoms with Crippen LogP contribution in [0.4, 0.5) is 13.6 Å². The van der Waals surface area contributed by atoms with Gasteiger partial charge in [0.1, 0.15) is 11.5 Å². The summed E-state index contributed by atoms with van der Waals surface area (Å²) < 4.78 is 33.0. The highest BCUT2D eigenvalue weighted by atomic mass is 35.5. The van der Waals surface area contributed by atoms with Crippen LogP contribution in [0.3, 0.4) is 0 Å². The maximum absolute atomic E-state index is 13.8. The van der Waals surface area contributed by atoms with Crippen molar-refractivity contribution < 1.29 is 18.3 Å². The van der Waals surface area contributed by atoms with Gasteiger partial charge in [-0.1, -0.05) is 29.8 Å². The Bertz CT molecular complexity index is 1230. The quantitative estimate of drug-likeness (QED) is 0.556. The van der Waals surface area contributed by atoms with Crippen molar-refractivity contribution in [2.45, 2.75) is 0 Å². The number of nitrogens with two attached hydrogens (primary N) is 1. The van der Waals surface area contributed by atoms with Crippen molar-refractivity contribution in [2.24, 2.45) is 5.73 Å². The Morgan fingerprint density at radius 2 is 1.96 bits per heavy atom. The third kappa shape index (κ3) is 3.12. The number of carbonyl (C=O) groups is 1. The molecule has 0 atom stereocenters. The SMILES string of the molecule is NC(=O)n1nc(-c2ccccc2Cl)c2cnc(Oc3ccc(F)cc3F)nc21. The molecule has 0 saturated heterocycles. The summed E-state index contributed by atoms with van der Waals surface area (Å²) in [5, 5.41) is 4.97. The summed E-state index contributed by atoms with van der Waals surface area (Å²) in [6.07, 6.45) is 1.35. The molecule has 0 spiro atoms. The van der Waals surface area contributed by atoms with Crippen LogP contribution in [-0.4, -0.2) is 25.8 Å². The number of carbonyl (C=O) groups excluding carboxylic acids is 1. The second kappa shape index (κ2) is 6.86. The summed E-state index contributed by atoms with van der Waals surface area (Å²) in [6, 6.07) is 8.52. The van der Waals surface area contributed by atoms with Gasteiger partial charge in [0.05, 0.1) is 10.4 Å². The average Bonchev–Trinajstić information content (AvgIpc) is 3.03. The first-order chi connectivity index (χ1) is 13.4. The third-order valence-corrected chi connectivity index (χ3v) is 4.16. The summed E-state index contributed by atoms with van der Waals surface area (Å²) in [5.41, 5.74) is 6.33. The van der Waals surface area contributed by atoms with Gasteiger partial charge in [-0.25, -0.2) is 18.6 Å². The number of ether oxygens (including phenoxy) is 1. The molecule has 2 aromatic heterocycles. The van der Waals surface area contributed by atoms with Crippen LogP contribution in [0, 0.1) is 11.6 Å². The lowest BCUT2D eigenvalue weighted by Crippen LogP contribution is -2.21. The monoisotopic (exact) mass is 401 g/mol. The standard InChI is InChI=1S/C18H10ClF2N5O2/c19-12-4-2-1-3-10(12)15-11-8-23-18(24-16(11)26(25-15)17(22)27)28-14-6-5-9(20)7-13(14)21/h1-8H,(H2,22,27). The van der Waals surface area contributed by atoms with E-state index in [-0.39, 0.29) is 17.4 Å². The number of primary amides is 1. The fraction of sp³-hybridized carbons (Fsp3) is 0. The number of amides is 1. The lowest BCUT2D eigenvalue weighted by atomic mass is 10.1. The molecule has 4 rings (SSSR count). The van der Waals surface area contributed by atoms with Gasteiger partial charge >= 0.3 is 12.0 Å². The minimum absolute atomic E-state index is 0.0509. The van der Waals surface area contributed by atoms with Gasteiger partial charge in [0.2, 0.25) is 0 Å². The smallest absolute Gasteiger partial charge is 0.341 e. The number of aromatic nitrogens is 4. The van der Waals surface area contributed by atoms with E-state index in [1.807, 2.05) is 0 Å². The molecule has 140 valence electrons. The van der Waals surface area contributed by atoms with E-state index in [9.17, 15) is 13.6 Å². The van der Waals surface area contributed by atoms with E-state index in [1.165, 1.54) is 6.20 Å². The topological polar surface area (TPSA) is 95.9 Å². The molecular weight excluding hydrogens is 392 g/mol. The van der Waals surface area contributed by atoms with E-state index in [0.29, 0.717) is 27.7 Å². The van der Waals surface area contributed by atoms with Gasteiger partial charge in [-0.3, -0.25) is 0 Å². The number of nitrogens with zero attached hydrogens (tertiary/aromatic N) is 4. The Hall–Kier alpha value is -3.59. The summed E-state index contributed by atoms with van der Waals surface area (Å²) in [5.74, 6) is -1.96. The Labute approximate surface area is 161 Å². The highest BCUT2D eigenvalue weighted by Crippen LogP contribution is 2.33. The molecule has 0 fully saturated rings. The van der Waals surface area contributed by atoms with Gasteiger partial charge in [0.25, 0.3) is 0 Å². The molecule has 2 N–H and O–H groups in total.